The van der Waals surface area contributed by atoms with Gasteiger partial charge in [0.25, 0.3) is 0 Å². The number of hydrogen-bond acceptors (Lipinski definition) is 9. The summed E-state index contributed by atoms with van der Waals surface area (Å²) in [6.07, 6.45) is 0.945. The summed E-state index contributed by atoms with van der Waals surface area (Å²) in [5.41, 5.74) is -0.168. The van der Waals surface area contributed by atoms with Gasteiger partial charge in [-0.3, -0.25) is 23.9 Å². The van der Waals surface area contributed by atoms with Crippen molar-refractivity contribution in [2.24, 2.45) is 10.8 Å². The molecule has 1 saturated carbocycles. The van der Waals surface area contributed by atoms with E-state index >= 15 is 0 Å². The first-order chi connectivity index (χ1) is 25.6. The number of ether oxygens (including phenoxy) is 1. The second-order valence-corrected chi connectivity index (χ2v) is 15.2. The molecule has 5 heterocycles. The Hall–Kier alpha value is -5.25. The van der Waals surface area contributed by atoms with Crippen LogP contribution in [0.4, 0.5) is 19.0 Å². The minimum atomic E-state index is -4.77. The number of likely N-dealkylation sites (tertiary alicyclic amines) is 1. The molecule has 2 fully saturated rings. The van der Waals surface area contributed by atoms with E-state index in [0.29, 0.717) is 42.4 Å². The third kappa shape index (κ3) is 6.94. The predicted octanol–water partition coefficient (Wildman–Crippen LogP) is 5.26. The Bertz CT molecular complexity index is 2150. The molecule has 13 nitrogen and oxygen atoms in total. The molecule has 7 rings (SSSR count). The Kier molecular flexibility index (Phi) is 9.52. The molecule has 3 atom stereocenters. The number of benzene rings is 1. The molecule has 2 N–H and O–H groups in total. The highest BCUT2D eigenvalue weighted by atomic mass is 19.4. The number of fused-ring (bicyclic) bond motifs is 3. The monoisotopic (exact) mass is 746 g/mol. The molecule has 1 aromatic carbocycles. The number of carbonyl (C=O) groups is 4. The molecule has 2 bridgehead atoms. The largest absolute Gasteiger partial charge is 0.433 e. The second kappa shape index (κ2) is 13.9. The lowest BCUT2D eigenvalue weighted by Gasteiger charge is -2.47. The Morgan fingerprint density at radius 1 is 1.06 bits per heavy atom. The number of alkyl halides is 3. The summed E-state index contributed by atoms with van der Waals surface area (Å²) in [4.78, 5) is 68.7. The highest BCUT2D eigenvalue weighted by Crippen LogP contribution is 2.54. The molecule has 1 aliphatic carbocycles. The van der Waals surface area contributed by atoms with Crippen molar-refractivity contribution >= 4 is 40.2 Å². The van der Waals surface area contributed by atoms with Crippen LogP contribution >= 0.6 is 0 Å². The Morgan fingerprint density at radius 2 is 1.81 bits per heavy atom. The number of ketones is 1. The number of Topliss-reactive ketones (excluding diaryl/α,β-unsaturated/α-hetero) is 1. The number of aryl methyl sites for hydroxylation is 1. The van der Waals surface area contributed by atoms with Crippen LogP contribution < -0.4 is 10.6 Å². The number of carbonyl (C=O) groups excluding carboxylic acids is 4. The third-order valence-electron chi connectivity index (χ3n) is 11.0. The summed E-state index contributed by atoms with van der Waals surface area (Å²) in [6.45, 7) is 6.82. The number of nitrogens with zero attached hydrogens (tertiary/aromatic N) is 6. The van der Waals surface area contributed by atoms with Crippen LogP contribution in [-0.2, 0) is 38.4 Å². The van der Waals surface area contributed by atoms with E-state index in [1.807, 2.05) is 19.9 Å². The summed E-state index contributed by atoms with van der Waals surface area (Å²) in [5.74, 6) is -1.33. The zero-order valence-corrected chi connectivity index (χ0v) is 30.4. The number of aromatic nitrogens is 5. The molecule has 54 heavy (non-hydrogen) atoms. The molecule has 16 heteroatoms. The van der Waals surface area contributed by atoms with Gasteiger partial charge in [-0.2, -0.15) is 18.3 Å². The number of halogens is 3. The van der Waals surface area contributed by atoms with E-state index in [-0.39, 0.29) is 61.5 Å². The molecular weight excluding hydrogens is 705 g/mol. The molecule has 0 radical (unpaired) electrons. The van der Waals surface area contributed by atoms with E-state index in [4.69, 9.17) is 4.74 Å². The number of hydrogen-bond donors (Lipinski definition) is 2. The molecule has 1 spiro atoms. The van der Waals surface area contributed by atoms with Crippen LogP contribution in [0.25, 0.3) is 22.0 Å². The lowest BCUT2D eigenvalue weighted by atomic mass is 9.64. The molecule has 3 aliphatic rings. The van der Waals surface area contributed by atoms with Gasteiger partial charge in [0, 0.05) is 65.9 Å². The zero-order chi connectivity index (χ0) is 38.6. The summed E-state index contributed by atoms with van der Waals surface area (Å²) in [6, 6.07) is 5.88. The molecule has 284 valence electrons. The van der Waals surface area contributed by atoms with Crippen molar-refractivity contribution in [3.8, 4) is 11.1 Å². The molecule has 3 amide bonds. The lowest BCUT2D eigenvalue weighted by Crippen LogP contribution is -2.57. The van der Waals surface area contributed by atoms with Gasteiger partial charge in [0.15, 0.2) is 5.78 Å². The summed E-state index contributed by atoms with van der Waals surface area (Å²) in [5, 5.41) is 10.7. The molecular formula is C38H41F3N8O5. The zero-order valence-electron chi connectivity index (χ0n) is 30.4. The molecule has 0 unspecified atom stereocenters. The fraction of sp³-hybridized carbons (Fsp3) is 0.474. The number of anilines is 1. The maximum Gasteiger partial charge on any atom is 0.433 e. The number of pyridine rings is 1. The highest BCUT2D eigenvalue weighted by molar-refractivity contribution is 6.06. The average Bonchev–Trinajstić information content (AvgIpc) is 3.58. The van der Waals surface area contributed by atoms with Crippen molar-refractivity contribution in [3.63, 3.8) is 0 Å². The van der Waals surface area contributed by atoms with Crippen molar-refractivity contribution in [2.75, 3.05) is 18.5 Å². The van der Waals surface area contributed by atoms with E-state index in [1.165, 1.54) is 22.6 Å². The summed E-state index contributed by atoms with van der Waals surface area (Å²) < 4.78 is 48.5. The van der Waals surface area contributed by atoms with Crippen molar-refractivity contribution in [2.45, 2.75) is 91.2 Å². The molecule has 4 aromatic rings. The van der Waals surface area contributed by atoms with Gasteiger partial charge in [-0.1, -0.05) is 26.0 Å². The van der Waals surface area contributed by atoms with E-state index in [9.17, 15) is 32.3 Å². The van der Waals surface area contributed by atoms with Gasteiger partial charge in [-0.15, -0.1) is 0 Å². The van der Waals surface area contributed by atoms with Gasteiger partial charge in [-0.25, -0.2) is 15.0 Å². The topological polar surface area (TPSA) is 161 Å². The lowest BCUT2D eigenvalue weighted by molar-refractivity contribution is -0.142. The van der Waals surface area contributed by atoms with Crippen LogP contribution in [0.3, 0.4) is 0 Å². The first-order valence-electron chi connectivity index (χ1n) is 17.9. The van der Waals surface area contributed by atoms with Gasteiger partial charge in [0.2, 0.25) is 17.7 Å². The Labute approximate surface area is 309 Å². The van der Waals surface area contributed by atoms with Crippen LogP contribution in [-0.4, -0.2) is 78.4 Å². The average molecular weight is 747 g/mol. The quantitative estimate of drug-likeness (QED) is 0.266. The summed E-state index contributed by atoms with van der Waals surface area (Å²) >= 11 is 0. The van der Waals surface area contributed by atoms with Crippen LogP contribution in [0.15, 0.2) is 42.7 Å². The standard InChI is InChI=1S/C38H41F3N8O5/c1-21(50)32-26-14-23(25-16-42-22(2)43-17-25)6-8-27(26)48(47-32)18-31(51)49-28-15-37(12-10-30(37)49)20-44-35(53)36(3,4)11-5-13-54-19-24-7-9-29(38(39,40)41)45-33(24)46-34(28)52/h6-9,14,16-17,28,30H,5,10-13,15,18-20H2,1-4H3,(H,44,53)(H,45,46,52)/t28-,30+,37+/m0/s1. The van der Waals surface area contributed by atoms with Gasteiger partial charge in [0.1, 0.15) is 35.6 Å². The first kappa shape index (κ1) is 37.1. The second-order valence-electron chi connectivity index (χ2n) is 15.2. The van der Waals surface area contributed by atoms with Gasteiger partial charge in [0.05, 0.1) is 12.1 Å². The highest BCUT2D eigenvalue weighted by Gasteiger charge is 2.61. The minimum Gasteiger partial charge on any atom is -0.377 e. The smallest absolute Gasteiger partial charge is 0.377 e. The van der Waals surface area contributed by atoms with Crippen LogP contribution in [0.5, 0.6) is 0 Å². The van der Waals surface area contributed by atoms with E-state index in [0.717, 1.165) is 17.2 Å². The maximum atomic E-state index is 14.5. The minimum absolute atomic E-state index is 0.128. The van der Waals surface area contributed by atoms with E-state index in [2.05, 4.69) is 30.7 Å². The first-order valence-corrected chi connectivity index (χ1v) is 17.9. The van der Waals surface area contributed by atoms with Crippen molar-refractivity contribution < 1.29 is 37.1 Å². The third-order valence-corrected chi connectivity index (χ3v) is 11.0. The normalized spacial score (nSPS) is 23.2. The van der Waals surface area contributed by atoms with E-state index < -0.39 is 46.6 Å². The molecule has 1 saturated heterocycles. The van der Waals surface area contributed by atoms with Crippen LogP contribution in [0, 0.1) is 17.8 Å². The maximum absolute atomic E-state index is 14.5. The SMILES string of the molecule is CC(=O)c1nn(CC(=O)N2[C@H]3C[C@]4(CC[C@@H]24)CNC(=O)C(C)(C)CCCOCc2ccc(C(F)(F)F)nc2NC3=O)c2ccc(-c3cnc(C)nc3)cc12. The van der Waals surface area contributed by atoms with Crippen LogP contribution in [0.1, 0.15) is 80.4 Å². The van der Waals surface area contributed by atoms with Gasteiger partial charge in [-0.05, 0) is 62.8 Å². The fourth-order valence-electron chi connectivity index (χ4n) is 7.87. The Balaban J connectivity index is 1.24. The van der Waals surface area contributed by atoms with Crippen molar-refractivity contribution in [1.29, 1.82) is 0 Å². The number of nitrogens with one attached hydrogen (secondary N) is 2. The van der Waals surface area contributed by atoms with E-state index in [1.54, 1.807) is 31.5 Å². The van der Waals surface area contributed by atoms with Crippen molar-refractivity contribution in [3.05, 3.63) is 65.5 Å². The predicted molar refractivity (Wildman–Crippen MR) is 190 cm³/mol. The van der Waals surface area contributed by atoms with Crippen molar-refractivity contribution in [1.82, 2.24) is 34.9 Å². The van der Waals surface area contributed by atoms with Gasteiger partial charge >= 0.3 is 6.18 Å². The molecule has 3 aromatic heterocycles. The molecule has 2 aliphatic heterocycles. The Morgan fingerprint density at radius 3 is 2.50 bits per heavy atom. The number of amides is 3. The van der Waals surface area contributed by atoms with Gasteiger partial charge < -0.3 is 20.3 Å². The fourth-order valence-corrected chi connectivity index (χ4v) is 7.87. The number of rotatable bonds is 4. The van der Waals surface area contributed by atoms with Crippen LogP contribution in [0.2, 0.25) is 0 Å². The summed E-state index contributed by atoms with van der Waals surface area (Å²) in [7, 11) is 0.